The lowest BCUT2D eigenvalue weighted by Crippen LogP contribution is -2.22. The third-order valence-corrected chi connectivity index (χ3v) is 4.15. The lowest BCUT2D eigenvalue weighted by Gasteiger charge is -2.20. The summed E-state index contributed by atoms with van der Waals surface area (Å²) in [5.41, 5.74) is 5.15. The second kappa shape index (κ2) is 8.99. The molecule has 0 heterocycles. The number of halogens is 1. The lowest BCUT2D eigenvalue weighted by molar-refractivity contribution is 0.0955. The van der Waals surface area contributed by atoms with Crippen molar-refractivity contribution in [2.45, 2.75) is 20.8 Å². The highest BCUT2D eigenvalue weighted by molar-refractivity contribution is 6.01. The Kier molecular flexibility index (Phi) is 6.72. The molecule has 0 unspecified atom stereocenters. The van der Waals surface area contributed by atoms with Gasteiger partial charge in [-0.05, 0) is 63.2 Å². The molecule has 0 saturated heterocycles. The zero-order valence-corrected chi connectivity index (χ0v) is 15.5. The van der Waals surface area contributed by atoms with Crippen LogP contribution in [0.15, 0.2) is 47.6 Å². The van der Waals surface area contributed by atoms with Crippen LogP contribution < -0.4 is 15.1 Å². The van der Waals surface area contributed by atoms with Gasteiger partial charge in [0.05, 0.1) is 12.8 Å². The van der Waals surface area contributed by atoms with Crippen molar-refractivity contribution < 1.29 is 13.9 Å². The molecule has 0 bridgehead atoms. The van der Waals surface area contributed by atoms with Crippen LogP contribution in [0.2, 0.25) is 0 Å². The minimum atomic E-state index is -0.474. The summed E-state index contributed by atoms with van der Waals surface area (Å²) in [5, 5.41) is 4.06. The van der Waals surface area contributed by atoms with E-state index in [9.17, 15) is 9.18 Å². The van der Waals surface area contributed by atoms with Crippen molar-refractivity contribution in [3.8, 4) is 5.75 Å². The Balaban J connectivity index is 2.07. The van der Waals surface area contributed by atoms with Crippen LogP contribution in [0.4, 0.5) is 10.1 Å². The number of hydrogen-bond donors (Lipinski definition) is 1. The topological polar surface area (TPSA) is 53.9 Å². The van der Waals surface area contributed by atoms with E-state index >= 15 is 0 Å². The van der Waals surface area contributed by atoms with Crippen molar-refractivity contribution in [2.75, 3.05) is 25.1 Å². The minimum Gasteiger partial charge on any atom is -0.494 e. The molecule has 1 N–H and O–H groups in total. The predicted molar refractivity (Wildman–Crippen MR) is 103 cm³/mol. The Labute approximate surface area is 153 Å². The van der Waals surface area contributed by atoms with Crippen molar-refractivity contribution in [1.29, 1.82) is 0 Å². The SMILES string of the molecule is CCN(CC)c1ccc(C(=O)N/N=C(/C)c2ccc(OC)c(F)c2)cc1. The number of methoxy groups -OCH3 is 1. The molecule has 0 aliphatic carbocycles. The number of ether oxygens (including phenoxy) is 1. The van der Waals surface area contributed by atoms with Crippen molar-refractivity contribution in [2.24, 2.45) is 5.10 Å². The number of amides is 1. The average Bonchev–Trinajstić information content (AvgIpc) is 2.67. The highest BCUT2D eigenvalue weighted by Crippen LogP contribution is 2.18. The van der Waals surface area contributed by atoms with Gasteiger partial charge in [0.2, 0.25) is 0 Å². The number of hydrogen-bond acceptors (Lipinski definition) is 4. The highest BCUT2D eigenvalue weighted by atomic mass is 19.1. The molecular formula is C20H24FN3O2. The van der Waals surface area contributed by atoms with Gasteiger partial charge in [-0.3, -0.25) is 4.79 Å². The number of nitrogens with one attached hydrogen (secondary N) is 1. The standard InChI is InChI=1S/C20H24FN3O2/c1-5-24(6-2)17-10-7-15(8-11-17)20(25)23-22-14(3)16-9-12-19(26-4)18(21)13-16/h7-13H,5-6H2,1-4H3,(H,23,25)/b22-14-. The molecule has 5 nitrogen and oxygen atoms in total. The Morgan fingerprint density at radius 3 is 2.27 bits per heavy atom. The molecule has 0 atom stereocenters. The first-order chi connectivity index (χ1) is 12.5. The maximum Gasteiger partial charge on any atom is 0.271 e. The first kappa shape index (κ1) is 19.4. The van der Waals surface area contributed by atoms with Gasteiger partial charge in [0.1, 0.15) is 0 Å². The Bertz CT molecular complexity index is 784. The molecule has 0 saturated carbocycles. The van der Waals surface area contributed by atoms with Crippen LogP contribution in [-0.2, 0) is 0 Å². The second-order valence-corrected chi connectivity index (χ2v) is 5.71. The van der Waals surface area contributed by atoms with Crippen molar-refractivity contribution in [1.82, 2.24) is 5.43 Å². The molecule has 0 fully saturated rings. The van der Waals surface area contributed by atoms with E-state index in [0.717, 1.165) is 18.8 Å². The fourth-order valence-electron chi connectivity index (χ4n) is 2.57. The summed E-state index contributed by atoms with van der Waals surface area (Å²) in [4.78, 5) is 14.4. The first-order valence-corrected chi connectivity index (χ1v) is 8.53. The molecule has 2 rings (SSSR count). The third kappa shape index (κ3) is 4.59. The molecular weight excluding hydrogens is 333 g/mol. The summed E-state index contributed by atoms with van der Waals surface area (Å²) >= 11 is 0. The number of benzene rings is 2. The Hall–Kier alpha value is -2.89. The van der Waals surface area contributed by atoms with Crippen LogP contribution in [0.1, 0.15) is 36.7 Å². The number of anilines is 1. The normalized spacial score (nSPS) is 11.2. The molecule has 6 heteroatoms. The van der Waals surface area contributed by atoms with Crippen LogP contribution in [0.3, 0.4) is 0 Å². The number of hydrazone groups is 1. The molecule has 0 radical (unpaired) electrons. The quantitative estimate of drug-likeness (QED) is 0.605. The summed E-state index contributed by atoms with van der Waals surface area (Å²) in [6, 6.07) is 11.9. The first-order valence-electron chi connectivity index (χ1n) is 8.53. The third-order valence-electron chi connectivity index (χ3n) is 4.15. The smallest absolute Gasteiger partial charge is 0.271 e. The molecule has 0 aliphatic rings. The number of carbonyl (C=O) groups is 1. The zero-order chi connectivity index (χ0) is 19.1. The minimum absolute atomic E-state index is 0.166. The molecule has 2 aromatic carbocycles. The second-order valence-electron chi connectivity index (χ2n) is 5.71. The van der Waals surface area contributed by atoms with Gasteiger partial charge in [-0.15, -0.1) is 0 Å². The van der Waals surface area contributed by atoms with Crippen molar-refractivity contribution in [3.63, 3.8) is 0 Å². The number of nitrogens with zero attached hydrogens (tertiary/aromatic N) is 2. The van der Waals surface area contributed by atoms with Crippen LogP contribution in [-0.4, -0.2) is 31.8 Å². The Morgan fingerprint density at radius 2 is 1.73 bits per heavy atom. The number of rotatable bonds is 7. The molecule has 26 heavy (non-hydrogen) atoms. The van der Waals surface area contributed by atoms with Crippen LogP contribution in [0, 0.1) is 5.82 Å². The summed E-state index contributed by atoms with van der Waals surface area (Å²) in [6.07, 6.45) is 0. The van der Waals surface area contributed by atoms with E-state index in [0.29, 0.717) is 16.8 Å². The summed E-state index contributed by atoms with van der Waals surface area (Å²) in [7, 11) is 1.41. The predicted octanol–water partition coefficient (Wildman–Crippen LogP) is 3.83. The monoisotopic (exact) mass is 357 g/mol. The van der Waals surface area contributed by atoms with Gasteiger partial charge in [-0.1, -0.05) is 0 Å². The molecule has 2 aromatic rings. The van der Waals surface area contributed by atoms with E-state index in [2.05, 4.69) is 29.3 Å². The van der Waals surface area contributed by atoms with Gasteiger partial charge >= 0.3 is 0 Å². The zero-order valence-electron chi connectivity index (χ0n) is 15.5. The summed E-state index contributed by atoms with van der Waals surface area (Å²) in [5.74, 6) is -0.624. The Morgan fingerprint density at radius 1 is 1.12 bits per heavy atom. The van der Waals surface area contributed by atoms with E-state index in [-0.39, 0.29) is 11.7 Å². The van der Waals surface area contributed by atoms with Gasteiger partial charge in [-0.2, -0.15) is 5.10 Å². The van der Waals surface area contributed by atoms with Gasteiger partial charge in [0.25, 0.3) is 5.91 Å². The van der Waals surface area contributed by atoms with Crippen LogP contribution in [0.5, 0.6) is 5.75 Å². The fraction of sp³-hybridized carbons (Fsp3) is 0.300. The van der Waals surface area contributed by atoms with E-state index in [1.54, 1.807) is 25.1 Å². The van der Waals surface area contributed by atoms with E-state index in [1.807, 2.05) is 12.1 Å². The van der Waals surface area contributed by atoms with E-state index in [4.69, 9.17) is 4.74 Å². The van der Waals surface area contributed by atoms with E-state index in [1.165, 1.54) is 19.2 Å². The summed E-state index contributed by atoms with van der Waals surface area (Å²) in [6.45, 7) is 7.69. The lowest BCUT2D eigenvalue weighted by atomic mass is 10.1. The van der Waals surface area contributed by atoms with Crippen molar-refractivity contribution >= 4 is 17.3 Å². The van der Waals surface area contributed by atoms with Crippen LogP contribution >= 0.6 is 0 Å². The molecule has 0 spiro atoms. The van der Waals surface area contributed by atoms with E-state index < -0.39 is 5.82 Å². The molecule has 1 amide bonds. The summed E-state index contributed by atoms with van der Waals surface area (Å²) < 4.78 is 18.7. The van der Waals surface area contributed by atoms with Gasteiger partial charge in [0.15, 0.2) is 11.6 Å². The van der Waals surface area contributed by atoms with Crippen LogP contribution in [0.25, 0.3) is 0 Å². The maximum absolute atomic E-state index is 13.8. The molecule has 0 aliphatic heterocycles. The fourth-order valence-corrected chi connectivity index (χ4v) is 2.57. The van der Waals surface area contributed by atoms with Gasteiger partial charge < -0.3 is 9.64 Å². The molecule has 0 aromatic heterocycles. The maximum atomic E-state index is 13.8. The van der Waals surface area contributed by atoms with Gasteiger partial charge in [0, 0.05) is 29.9 Å². The molecule has 138 valence electrons. The van der Waals surface area contributed by atoms with Crippen molar-refractivity contribution in [3.05, 3.63) is 59.4 Å². The number of carbonyl (C=O) groups excluding carboxylic acids is 1. The van der Waals surface area contributed by atoms with Gasteiger partial charge in [-0.25, -0.2) is 9.82 Å². The average molecular weight is 357 g/mol. The largest absolute Gasteiger partial charge is 0.494 e. The highest BCUT2D eigenvalue weighted by Gasteiger charge is 2.08.